The highest BCUT2D eigenvalue weighted by atomic mass is 32.1. The van der Waals surface area contributed by atoms with Crippen LogP contribution in [0.1, 0.15) is 37.2 Å². The number of amides is 1. The molecule has 2 heterocycles. The van der Waals surface area contributed by atoms with E-state index in [9.17, 15) is 4.79 Å². The number of aromatic nitrogens is 1. The summed E-state index contributed by atoms with van der Waals surface area (Å²) in [6.45, 7) is 3.90. The molecule has 0 bridgehead atoms. The molecule has 146 valence electrons. The Bertz CT molecular complexity index is 905. The Morgan fingerprint density at radius 1 is 1.21 bits per heavy atom. The van der Waals surface area contributed by atoms with Crippen LogP contribution in [-0.4, -0.2) is 35.5 Å². The van der Waals surface area contributed by atoms with Gasteiger partial charge in [-0.25, -0.2) is 4.98 Å². The summed E-state index contributed by atoms with van der Waals surface area (Å²) >= 11 is 1.75. The lowest BCUT2D eigenvalue weighted by Crippen LogP contribution is -2.39. The number of fused-ring (bicyclic) bond motifs is 1. The van der Waals surface area contributed by atoms with Gasteiger partial charge >= 0.3 is 0 Å². The summed E-state index contributed by atoms with van der Waals surface area (Å²) in [6, 6.07) is 16.0. The van der Waals surface area contributed by atoms with E-state index >= 15 is 0 Å². The summed E-state index contributed by atoms with van der Waals surface area (Å²) in [5.41, 5.74) is 1.84. The number of carbonyl (C=O) groups excluding carboxylic acids is 1. The molecule has 1 atom stereocenters. The van der Waals surface area contributed by atoms with E-state index < -0.39 is 0 Å². The molecule has 0 unspecified atom stereocenters. The van der Waals surface area contributed by atoms with Crippen LogP contribution in [0.4, 0.5) is 5.69 Å². The van der Waals surface area contributed by atoms with Gasteiger partial charge in [0.2, 0.25) is 5.91 Å². The molecule has 0 radical (unpaired) electrons. The average Bonchev–Trinajstić information content (AvgIpc) is 3.14. The molecule has 1 aliphatic rings. The van der Waals surface area contributed by atoms with Gasteiger partial charge in [0.1, 0.15) is 10.8 Å². The zero-order chi connectivity index (χ0) is 19.3. The molecule has 1 fully saturated rings. The van der Waals surface area contributed by atoms with Crippen molar-refractivity contribution in [2.24, 2.45) is 0 Å². The van der Waals surface area contributed by atoms with Gasteiger partial charge in [0, 0.05) is 5.69 Å². The van der Waals surface area contributed by atoms with Crippen LogP contribution in [0.5, 0.6) is 5.75 Å². The smallest absolute Gasteiger partial charge is 0.238 e. The Labute approximate surface area is 169 Å². The third-order valence-corrected chi connectivity index (χ3v) is 6.14. The maximum absolute atomic E-state index is 12.6. The van der Waals surface area contributed by atoms with Crippen LogP contribution < -0.4 is 10.1 Å². The number of piperidine rings is 1. The van der Waals surface area contributed by atoms with Crippen molar-refractivity contribution >= 4 is 33.1 Å². The van der Waals surface area contributed by atoms with Crippen LogP contribution in [0, 0.1) is 0 Å². The van der Waals surface area contributed by atoms with E-state index in [2.05, 4.69) is 22.3 Å². The highest BCUT2D eigenvalue weighted by molar-refractivity contribution is 7.18. The van der Waals surface area contributed by atoms with Crippen molar-refractivity contribution in [3.8, 4) is 5.75 Å². The molecule has 0 aliphatic carbocycles. The minimum Gasteiger partial charge on any atom is -0.494 e. The van der Waals surface area contributed by atoms with E-state index in [1.165, 1.54) is 11.1 Å². The molecular weight excluding hydrogens is 370 g/mol. The first-order chi connectivity index (χ1) is 13.7. The van der Waals surface area contributed by atoms with E-state index in [0.717, 1.165) is 41.3 Å². The molecule has 1 aromatic heterocycles. The number of ether oxygens (including phenoxy) is 1. The Hall–Kier alpha value is -2.44. The normalized spacial score (nSPS) is 17.5. The largest absolute Gasteiger partial charge is 0.494 e. The first kappa shape index (κ1) is 18.9. The minimum absolute atomic E-state index is 0.0113. The molecule has 2 aromatic carbocycles. The topological polar surface area (TPSA) is 54.5 Å². The molecule has 1 aliphatic heterocycles. The molecule has 1 saturated heterocycles. The fourth-order valence-electron chi connectivity index (χ4n) is 3.68. The maximum Gasteiger partial charge on any atom is 0.238 e. The molecule has 4 rings (SSSR count). The molecule has 3 aromatic rings. The molecule has 1 amide bonds. The van der Waals surface area contributed by atoms with Crippen LogP contribution >= 0.6 is 11.3 Å². The number of carbonyl (C=O) groups is 1. The fraction of sp³-hybridized carbons (Fsp3) is 0.364. The number of thiazole rings is 1. The van der Waals surface area contributed by atoms with Gasteiger partial charge in [0.25, 0.3) is 0 Å². The monoisotopic (exact) mass is 395 g/mol. The van der Waals surface area contributed by atoms with Crippen molar-refractivity contribution in [3.63, 3.8) is 0 Å². The molecule has 0 spiro atoms. The zero-order valence-corrected chi connectivity index (χ0v) is 16.9. The van der Waals surface area contributed by atoms with E-state index in [0.29, 0.717) is 13.2 Å². The summed E-state index contributed by atoms with van der Waals surface area (Å²) in [5.74, 6) is 0.824. The van der Waals surface area contributed by atoms with Crippen molar-refractivity contribution in [1.29, 1.82) is 0 Å². The quantitative estimate of drug-likeness (QED) is 0.647. The highest BCUT2D eigenvalue weighted by Crippen LogP contribution is 2.35. The Morgan fingerprint density at radius 3 is 2.82 bits per heavy atom. The first-order valence-corrected chi connectivity index (χ1v) is 10.7. The van der Waals surface area contributed by atoms with Crippen LogP contribution in [0.3, 0.4) is 0 Å². The summed E-state index contributed by atoms with van der Waals surface area (Å²) in [6.07, 6.45) is 3.35. The maximum atomic E-state index is 12.6. The number of para-hydroxylation sites is 1. The molecular formula is C22H25N3O2S. The summed E-state index contributed by atoms with van der Waals surface area (Å²) in [4.78, 5) is 19.7. The third-order valence-electron chi connectivity index (χ3n) is 5.00. The van der Waals surface area contributed by atoms with Crippen molar-refractivity contribution in [1.82, 2.24) is 9.88 Å². The number of nitrogens with zero attached hydrogens (tertiary/aromatic N) is 2. The van der Waals surface area contributed by atoms with Crippen molar-refractivity contribution in [2.75, 3.05) is 25.0 Å². The predicted molar refractivity (Wildman–Crippen MR) is 114 cm³/mol. The predicted octanol–water partition coefficient (Wildman–Crippen LogP) is 4.86. The lowest BCUT2D eigenvalue weighted by Gasteiger charge is -2.33. The van der Waals surface area contributed by atoms with E-state index in [1.807, 2.05) is 43.3 Å². The van der Waals surface area contributed by atoms with Gasteiger partial charge in [-0.1, -0.05) is 18.6 Å². The van der Waals surface area contributed by atoms with E-state index in [4.69, 9.17) is 9.72 Å². The van der Waals surface area contributed by atoms with Crippen LogP contribution in [0.2, 0.25) is 0 Å². The molecule has 28 heavy (non-hydrogen) atoms. The second kappa shape index (κ2) is 8.71. The van der Waals surface area contributed by atoms with Gasteiger partial charge in [-0.15, -0.1) is 11.3 Å². The number of hydrogen-bond donors (Lipinski definition) is 1. The zero-order valence-electron chi connectivity index (χ0n) is 16.1. The van der Waals surface area contributed by atoms with Crippen LogP contribution in [0.25, 0.3) is 10.2 Å². The first-order valence-electron chi connectivity index (χ1n) is 9.85. The number of likely N-dealkylation sites (tertiary alicyclic amines) is 1. The molecule has 6 heteroatoms. The van der Waals surface area contributed by atoms with Crippen LogP contribution in [-0.2, 0) is 4.79 Å². The number of hydrogen-bond acceptors (Lipinski definition) is 5. The molecule has 1 N–H and O–H groups in total. The highest BCUT2D eigenvalue weighted by Gasteiger charge is 2.28. The second-order valence-electron chi connectivity index (χ2n) is 7.01. The SMILES string of the molecule is CCOc1ccc(NC(=O)CN2CCCC[C@@H]2c2nc3ccccc3s2)cc1. The summed E-state index contributed by atoms with van der Waals surface area (Å²) < 4.78 is 6.66. The fourth-order valence-corrected chi connectivity index (χ4v) is 4.82. The standard InChI is InChI=1S/C22H25N3O2S/c1-2-27-17-12-10-16(11-13-17)23-21(26)15-25-14-6-5-8-19(25)22-24-18-7-3-4-9-20(18)28-22/h3-4,7,9-13,19H,2,5-6,8,14-15H2,1H3,(H,23,26)/t19-/m1/s1. The second-order valence-corrected chi connectivity index (χ2v) is 8.07. The van der Waals surface area contributed by atoms with Gasteiger partial charge < -0.3 is 10.1 Å². The Morgan fingerprint density at radius 2 is 2.04 bits per heavy atom. The number of rotatable bonds is 6. The Balaban J connectivity index is 1.43. The van der Waals surface area contributed by atoms with Gasteiger partial charge in [0.05, 0.1) is 29.4 Å². The van der Waals surface area contributed by atoms with Crippen molar-refractivity contribution in [2.45, 2.75) is 32.2 Å². The lowest BCUT2D eigenvalue weighted by atomic mass is 10.0. The lowest BCUT2D eigenvalue weighted by molar-refractivity contribution is -0.118. The number of benzene rings is 2. The molecule has 5 nitrogen and oxygen atoms in total. The molecule has 0 saturated carbocycles. The van der Waals surface area contributed by atoms with Gasteiger partial charge in [0.15, 0.2) is 0 Å². The van der Waals surface area contributed by atoms with Gasteiger partial charge in [-0.05, 0) is 62.7 Å². The third kappa shape index (κ3) is 4.34. The summed E-state index contributed by atoms with van der Waals surface area (Å²) in [7, 11) is 0. The van der Waals surface area contributed by atoms with Gasteiger partial charge in [-0.2, -0.15) is 0 Å². The van der Waals surface area contributed by atoms with E-state index in [1.54, 1.807) is 11.3 Å². The average molecular weight is 396 g/mol. The van der Waals surface area contributed by atoms with Crippen molar-refractivity contribution in [3.05, 3.63) is 53.5 Å². The summed E-state index contributed by atoms with van der Waals surface area (Å²) in [5, 5.41) is 4.12. The Kier molecular flexibility index (Phi) is 5.88. The van der Waals surface area contributed by atoms with E-state index in [-0.39, 0.29) is 11.9 Å². The van der Waals surface area contributed by atoms with Crippen LogP contribution in [0.15, 0.2) is 48.5 Å². The number of anilines is 1. The van der Waals surface area contributed by atoms with Crippen molar-refractivity contribution < 1.29 is 9.53 Å². The minimum atomic E-state index is 0.0113. The number of nitrogens with one attached hydrogen (secondary N) is 1. The van der Waals surface area contributed by atoms with Gasteiger partial charge in [-0.3, -0.25) is 9.69 Å².